The molecule has 0 radical (unpaired) electrons. The summed E-state index contributed by atoms with van der Waals surface area (Å²) < 4.78 is 1.30. The smallest absolute Gasteiger partial charge is 0.263 e. The predicted molar refractivity (Wildman–Crippen MR) is 109 cm³/mol. The average molecular weight is 413 g/mol. The largest absolute Gasteiger partial charge is 0.336 e. The number of amides is 1. The van der Waals surface area contributed by atoms with E-state index in [2.05, 4.69) is 16.4 Å². The molecule has 0 spiro atoms. The third kappa shape index (κ3) is 3.41. The van der Waals surface area contributed by atoms with Crippen LogP contribution >= 0.6 is 22.9 Å². The number of thiophene rings is 1. The van der Waals surface area contributed by atoms with Crippen molar-refractivity contribution in [3.8, 4) is 17.2 Å². The number of hydrogen-bond donors (Lipinski definition) is 1. The van der Waals surface area contributed by atoms with Gasteiger partial charge in [0.2, 0.25) is 5.91 Å². The normalized spacial score (nSPS) is 15.4. The standard InChI is InChI=1S/C20H17ClN4O2S/c21-14-5-3-13(4-6-14)15-10-28-18-17(15)19(27)25(12-23-18)9-16(26)24-20(11-22)7-1-2-8-20/h3-6,10,12H,1-2,7-9H2,(H,24,26). The molecule has 1 aliphatic rings. The number of nitriles is 1. The van der Waals surface area contributed by atoms with E-state index in [1.807, 2.05) is 17.5 Å². The van der Waals surface area contributed by atoms with Crippen LogP contribution in [0, 0.1) is 11.3 Å². The zero-order chi connectivity index (χ0) is 19.7. The van der Waals surface area contributed by atoms with Gasteiger partial charge >= 0.3 is 0 Å². The maximum Gasteiger partial charge on any atom is 0.263 e. The Bertz CT molecular complexity index is 1140. The Morgan fingerprint density at radius 1 is 1.32 bits per heavy atom. The van der Waals surface area contributed by atoms with Gasteiger partial charge in [0, 0.05) is 16.0 Å². The van der Waals surface area contributed by atoms with Gasteiger partial charge in [-0.1, -0.05) is 23.7 Å². The fourth-order valence-corrected chi connectivity index (χ4v) is 4.66. The van der Waals surface area contributed by atoms with Crippen LogP contribution < -0.4 is 10.9 Å². The Morgan fingerprint density at radius 2 is 2.04 bits per heavy atom. The van der Waals surface area contributed by atoms with Gasteiger partial charge in [0.15, 0.2) is 0 Å². The van der Waals surface area contributed by atoms with Crippen LogP contribution in [0.2, 0.25) is 5.02 Å². The molecule has 1 N–H and O–H groups in total. The summed E-state index contributed by atoms with van der Waals surface area (Å²) in [5.41, 5.74) is 0.554. The van der Waals surface area contributed by atoms with Crippen molar-refractivity contribution < 1.29 is 4.79 Å². The fraction of sp³-hybridized carbons (Fsp3) is 0.300. The van der Waals surface area contributed by atoms with Crippen LogP contribution in [0.1, 0.15) is 25.7 Å². The van der Waals surface area contributed by atoms with Crippen LogP contribution in [-0.4, -0.2) is 21.0 Å². The number of halogens is 1. The Morgan fingerprint density at radius 3 is 2.71 bits per heavy atom. The molecule has 8 heteroatoms. The second-order valence-corrected chi connectivity index (χ2v) is 8.26. The van der Waals surface area contributed by atoms with Crippen molar-refractivity contribution in [1.82, 2.24) is 14.9 Å². The third-order valence-electron chi connectivity index (χ3n) is 5.08. The number of nitrogens with zero attached hydrogens (tertiary/aromatic N) is 3. The van der Waals surface area contributed by atoms with Gasteiger partial charge in [0.25, 0.3) is 5.56 Å². The van der Waals surface area contributed by atoms with E-state index in [9.17, 15) is 14.9 Å². The molecule has 3 aromatic rings. The first-order valence-corrected chi connectivity index (χ1v) is 10.2. The molecule has 4 rings (SSSR count). The Labute approximate surface area is 170 Å². The number of rotatable bonds is 4. The van der Waals surface area contributed by atoms with Crippen LogP contribution in [0.25, 0.3) is 21.3 Å². The summed E-state index contributed by atoms with van der Waals surface area (Å²) in [6.45, 7) is -0.166. The second-order valence-electron chi connectivity index (χ2n) is 6.96. The minimum Gasteiger partial charge on any atom is -0.336 e. The van der Waals surface area contributed by atoms with Crippen LogP contribution in [0.15, 0.2) is 40.8 Å². The highest BCUT2D eigenvalue weighted by Crippen LogP contribution is 2.31. The van der Waals surface area contributed by atoms with Crippen LogP contribution in [0.3, 0.4) is 0 Å². The van der Waals surface area contributed by atoms with Gasteiger partial charge in [-0.05, 0) is 43.4 Å². The molecule has 1 aliphatic carbocycles. The molecule has 1 amide bonds. The van der Waals surface area contributed by atoms with Gasteiger partial charge in [-0.25, -0.2) is 4.98 Å². The summed E-state index contributed by atoms with van der Waals surface area (Å²) in [7, 11) is 0. The van der Waals surface area contributed by atoms with Crippen molar-refractivity contribution >= 4 is 39.1 Å². The monoisotopic (exact) mass is 412 g/mol. The maximum absolute atomic E-state index is 13.0. The first-order valence-electron chi connectivity index (χ1n) is 8.96. The number of carbonyl (C=O) groups is 1. The first-order chi connectivity index (χ1) is 13.5. The molecule has 0 aliphatic heterocycles. The number of aromatic nitrogens is 2. The van der Waals surface area contributed by atoms with Gasteiger partial charge in [0.05, 0.1) is 17.8 Å². The van der Waals surface area contributed by atoms with E-state index in [-0.39, 0.29) is 18.0 Å². The van der Waals surface area contributed by atoms with Gasteiger partial charge < -0.3 is 5.32 Å². The van der Waals surface area contributed by atoms with E-state index >= 15 is 0 Å². The van der Waals surface area contributed by atoms with Gasteiger partial charge in [-0.15, -0.1) is 11.3 Å². The van der Waals surface area contributed by atoms with Crippen molar-refractivity contribution in [3.05, 3.63) is 51.3 Å². The lowest BCUT2D eigenvalue weighted by Gasteiger charge is -2.22. The lowest BCUT2D eigenvalue weighted by molar-refractivity contribution is -0.123. The summed E-state index contributed by atoms with van der Waals surface area (Å²) in [6.07, 6.45) is 4.51. The molecule has 1 saturated carbocycles. The van der Waals surface area contributed by atoms with Crippen molar-refractivity contribution in [2.45, 2.75) is 37.8 Å². The lowest BCUT2D eigenvalue weighted by atomic mass is 10.00. The molecule has 2 heterocycles. The highest BCUT2D eigenvalue weighted by atomic mass is 35.5. The molecule has 0 atom stereocenters. The molecule has 1 aromatic carbocycles. The highest BCUT2D eigenvalue weighted by molar-refractivity contribution is 7.17. The molecule has 28 heavy (non-hydrogen) atoms. The lowest BCUT2D eigenvalue weighted by Crippen LogP contribution is -2.47. The molecule has 142 valence electrons. The average Bonchev–Trinajstić information content (AvgIpc) is 3.33. The second kappa shape index (κ2) is 7.38. The third-order valence-corrected chi connectivity index (χ3v) is 6.22. The fourth-order valence-electron chi connectivity index (χ4n) is 3.63. The molecule has 0 saturated heterocycles. The highest BCUT2D eigenvalue weighted by Gasteiger charge is 2.35. The van der Waals surface area contributed by atoms with E-state index in [0.717, 1.165) is 24.0 Å². The number of benzene rings is 1. The van der Waals surface area contributed by atoms with Gasteiger partial charge in [0.1, 0.15) is 16.9 Å². The van der Waals surface area contributed by atoms with Crippen molar-refractivity contribution in [2.24, 2.45) is 0 Å². The number of hydrogen-bond acceptors (Lipinski definition) is 5. The molecule has 1 fully saturated rings. The van der Waals surface area contributed by atoms with Gasteiger partial charge in [-0.2, -0.15) is 5.26 Å². The molecular weight excluding hydrogens is 396 g/mol. The van der Waals surface area contributed by atoms with Crippen LogP contribution in [0.5, 0.6) is 0 Å². The quantitative estimate of drug-likeness (QED) is 0.707. The summed E-state index contributed by atoms with van der Waals surface area (Å²) in [5, 5.41) is 15.2. The number of carbonyl (C=O) groups excluding carboxylic acids is 1. The molecule has 6 nitrogen and oxygen atoms in total. The molecule has 0 unspecified atom stereocenters. The van der Waals surface area contributed by atoms with Crippen molar-refractivity contribution in [3.63, 3.8) is 0 Å². The zero-order valence-electron chi connectivity index (χ0n) is 14.9. The minimum absolute atomic E-state index is 0.166. The van der Waals surface area contributed by atoms with E-state index in [0.29, 0.717) is 28.1 Å². The Hall–Kier alpha value is -2.69. The number of nitrogens with one attached hydrogen (secondary N) is 1. The summed E-state index contributed by atoms with van der Waals surface area (Å²) in [4.78, 5) is 30.5. The van der Waals surface area contributed by atoms with E-state index in [1.54, 1.807) is 12.1 Å². The van der Waals surface area contributed by atoms with E-state index < -0.39 is 5.54 Å². The maximum atomic E-state index is 13.0. The van der Waals surface area contributed by atoms with E-state index in [4.69, 9.17) is 11.6 Å². The number of fused-ring (bicyclic) bond motifs is 1. The van der Waals surface area contributed by atoms with Crippen molar-refractivity contribution in [2.75, 3.05) is 0 Å². The predicted octanol–water partition coefficient (Wildman–Crippen LogP) is 3.73. The Balaban J connectivity index is 1.65. The van der Waals surface area contributed by atoms with Gasteiger partial charge in [-0.3, -0.25) is 14.2 Å². The SMILES string of the molecule is N#CC1(NC(=O)Cn2cnc3scc(-c4ccc(Cl)cc4)c3c2=O)CCCC1. The Kier molecular flexibility index (Phi) is 4.92. The minimum atomic E-state index is -0.810. The first kappa shape index (κ1) is 18.7. The van der Waals surface area contributed by atoms with Crippen molar-refractivity contribution in [1.29, 1.82) is 5.26 Å². The summed E-state index contributed by atoms with van der Waals surface area (Å²) >= 11 is 7.34. The molecule has 2 aromatic heterocycles. The van der Waals surface area contributed by atoms with Crippen LogP contribution in [0.4, 0.5) is 0 Å². The van der Waals surface area contributed by atoms with E-state index in [1.165, 1.54) is 22.2 Å². The summed E-state index contributed by atoms with van der Waals surface area (Å²) in [6, 6.07) is 9.47. The summed E-state index contributed by atoms with van der Waals surface area (Å²) in [5.74, 6) is -0.352. The zero-order valence-corrected chi connectivity index (χ0v) is 16.5. The molecular formula is C20H17ClN4O2S. The topological polar surface area (TPSA) is 87.8 Å². The molecule has 0 bridgehead atoms. The van der Waals surface area contributed by atoms with Crippen LogP contribution in [-0.2, 0) is 11.3 Å².